The number of esters is 1. The number of aliphatic hydroxyl groups is 5. The third kappa shape index (κ3) is 15.8. The molecule has 1 aromatic carbocycles. The predicted octanol–water partition coefficient (Wildman–Crippen LogP) is 0.927. The fourth-order valence-corrected chi connectivity index (χ4v) is 6.67. The van der Waals surface area contributed by atoms with Gasteiger partial charge in [0, 0.05) is 50.9 Å². The molecule has 0 saturated heterocycles. The van der Waals surface area contributed by atoms with Crippen molar-refractivity contribution in [3.05, 3.63) is 64.3 Å². The highest BCUT2D eigenvalue weighted by atomic mass is 19.4. The maximum atomic E-state index is 14.6. The number of nitrogens with zero attached hydrogens (tertiary/aromatic N) is 7. The summed E-state index contributed by atoms with van der Waals surface area (Å²) in [6.45, 7) is 5.11. The van der Waals surface area contributed by atoms with Crippen LogP contribution in [0.15, 0.2) is 18.3 Å². The van der Waals surface area contributed by atoms with Crippen molar-refractivity contribution in [1.82, 2.24) is 39.7 Å². The maximum absolute atomic E-state index is 14.6. The molecule has 1 unspecified atom stereocenters. The van der Waals surface area contributed by atoms with Crippen LogP contribution < -0.4 is 5.32 Å². The van der Waals surface area contributed by atoms with Crippen molar-refractivity contribution in [2.45, 2.75) is 109 Å². The predicted molar refractivity (Wildman–Crippen MR) is 214 cm³/mol. The maximum Gasteiger partial charge on any atom is 0.449 e. The average molecular weight is 955 g/mol. The van der Waals surface area contributed by atoms with Gasteiger partial charge in [0.25, 0.3) is 0 Å². The van der Waals surface area contributed by atoms with Crippen molar-refractivity contribution in [3.63, 3.8) is 0 Å². The Balaban J connectivity index is 1.25. The van der Waals surface area contributed by atoms with E-state index in [9.17, 15) is 61.2 Å². The van der Waals surface area contributed by atoms with Crippen LogP contribution in [0.25, 0.3) is 0 Å². The number of halogens is 6. The monoisotopic (exact) mass is 954 g/mol. The summed E-state index contributed by atoms with van der Waals surface area (Å²) in [5.41, 5.74) is -1.81. The fourth-order valence-electron chi connectivity index (χ4n) is 6.67. The third-order valence-corrected chi connectivity index (χ3v) is 9.99. The zero-order chi connectivity index (χ0) is 48.9. The van der Waals surface area contributed by atoms with Gasteiger partial charge in [-0.3, -0.25) is 9.69 Å². The van der Waals surface area contributed by atoms with E-state index in [0.29, 0.717) is 30.9 Å². The third-order valence-electron chi connectivity index (χ3n) is 9.99. The summed E-state index contributed by atoms with van der Waals surface area (Å²) in [6.07, 6.45) is -11.9. The number of benzene rings is 1. The molecule has 4 rings (SSSR count). The molecule has 0 saturated carbocycles. The number of likely N-dealkylation sites (N-methyl/N-ethyl adjacent to an activating group) is 1. The van der Waals surface area contributed by atoms with E-state index in [2.05, 4.69) is 20.6 Å². The molecule has 1 aliphatic heterocycles. The highest BCUT2D eigenvalue weighted by Crippen LogP contribution is 2.33. The van der Waals surface area contributed by atoms with Gasteiger partial charge in [0.05, 0.1) is 63.6 Å². The highest BCUT2D eigenvalue weighted by molar-refractivity contribution is 5.89. The summed E-state index contributed by atoms with van der Waals surface area (Å²) in [5, 5.41) is 59.3. The first-order chi connectivity index (χ1) is 31.0. The largest absolute Gasteiger partial charge is 0.458 e. The molecule has 2 aromatic heterocycles. The standard InChI is InChI=1S/C40H56F6N8O12/c1-5-51(21-30(56)34(59)35(60)31(57)22-55)18-25-19-53(50-49-25)8-9-63-10-11-64-12-13-65-36(61)33-29-20-52(6-7-54(29)37(48-33)40(44,45)46)32(58)16-24(47-38(62)66-39(2,3)4)14-23-15-27(42)28(43)17-26(23)41/h15,17,19,24,30-31,34-35,55-57,59-60H,5-14,16,18,20-22H2,1-4H3,(H,47,62)/t24?,30-,31+,34+,35+/m0/s1. The van der Waals surface area contributed by atoms with Crippen LogP contribution in [-0.2, 0) is 62.5 Å². The molecule has 0 aliphatic carbocycles. The molecule has 370 valence electrons. The lowest BCUT2D eigenvalue weighted by molar-refractivity contribution is -0.148. The lowest BCUT2D eigenvalue weighted by Gasteiger charge is -2.31. The number of aromatic nitrogens is 5. The Bertz CT molecular complexity index is 2070. The second kappa shape index (κ2) is 24.2. The van der Waals surface area contributed by atoms with Crippen LogP contribution in [0.3, 0.4) is 0 Å². The molecule has 26 heteroatoms. The lowest BCUT2D eigenvalue weighted by atomic mass is 10.0. The van der Waals surface area contributed by atoms with Crippen molar-refractivity contribution in [1.29, 1.82) is 0 Å². The van der Waals surface area contributed by atoms with Crippen LogP contribution in [0.4, 0.5) is 31.1 Å². The summed E-state index contributed by atoms with van der Waals surface area (Å²) in [7, 11) is 0. The number of rotatable bonds is 24. The van der Waals surface area contributed by atoms with Crippen molar-refractivity contribution >= 4 is 18.0 Å². The Kier molecular flexibility index (Phi) is 19.7. The summed E-state index contributed by atoms with van der Waals surface area (Å²) in [4.78, 5) is 45.6. The van der Waals surface area contributed by atoms with E-state index < -0.39 is 122 Å². The Labute approximate surface area is 375 Å². The van der Waals surface area contributed by atoms with Crippen LogP contribution in [0.1, 0.15) is 67.4 Å². The van der Waals surface area contributed by atoms with Gasteiger partial charge in [-0.2, -0.15) is 13.2 Å². The molecule has 3 heterocycles. The summed E-state index contributed by atoms with van der Waals surface area (Å²) in [5.74, 6) is -7.33. The van der Waals surface area contributed by atoms with Crippen molar-refractivity contribution in [3.8, 4) is 0 Å². The van der Waals surface area contributed by atoms with Crippen LogP contribution in [0.5, 0.6) is 0 Å². The smallest absolute Gasteiger partial charge is 0.449 e. The SMILES string of the molecule is CCN(Cc1cn(CCOCCOCCOC(=O)c2nc(C(F)(F)F)n3c2CN(C(=O)CC(Cc2cc(F)c(F)cc2F)NC(=O)OC(C)(C)C)CC3)nn1)C[C@H](O)[C@@H](O)[C@H](O)[C@H](O)CO. The van der Waals surface area contributed by atoms with Gasteiger partial charge in [-0.25, -0.2) is 32.4 Å². The Morgan fingerprint density at radius 3 is 2.21 bits per heavy atom. The molecule has 0 bridgehead atoms. The van der Waals surface area contributed by atoms with E-state index in [1.807, 2.05) is 0 Å². The molecule has 0 radical (unpaired) electrons. The molecule has 1 aliphatic rings. The minimum absolute atomic E-state index is 0.0471. The van der Waals surface area contributed by atoms with E-state index in [1.54, 1.807) is 38.8 Å². The van der Waals surface area contributed by atoms with Crippen molar-refractivity contribution < 1.29 is 85.2 Å². The van der Waals surface area contributed by atoms with Crippen LogP contribution >= 0.6 is 0 Å². The minimum atomic E-state index is -4.98. The van der Waals surface area contributed by atoms with Crippen molar-refractivity contribution in [2.75, 3.05) is 59.3 Å². The van der Waals surface area contributed by atoms with E-state index in [1.165, 1.54) is 4.68 Å². The van der Waals surface area contributed by atoms with E-state index in [4.69, 9.17) is 24.1 Å². The molecule has 6 N–H and O–H groups in total. The number of hydrogen-bond donors (Lipinski definition) is 6. The van der Waals surface area contributed by atoms with Gasteiger partial charge in [0.2, 0.25) is 11.7 Å². The highest BCUT2D eigenvalue weighted by Gasteiger charge is 2.42. The summed E-state index contributed by atoms with van der Waals surface area (Å²) < 4.78 is 108. The zero-order valence-electron chi connectivity index (χ0n) is 36.7. The second-order valence-electron chi connectivity index (χ2n) is 16.3. The van der Waals surface area contributed by atoms with Crippen LogP contribution in [0.2, 0.25) is 0 Å². The van der Waals surface area contributed by atoms with Gasteiger partial charge in [-0.15, -0.1) is 5.10 Å². The van der Waals surface area contributed by atoms with Crippen LogP contribution in [0, 0.1) is 17.5 Å². The number of amides is 2. The van der Waals surface area contributed by atoms with Gasteiger partial charge in [0.1, 0.15) is 36.3 Å². The first-order valence-corrected chi connectivity index (χ1v) is 20.9. The van der Waals surface area contributed by atoms with Crippen molar-refractivity contribution in [2.24, 2.45) is 0 Å². The number of carbonyl (C=O) groups excluding carboxylic acids is 3. The molecule has 66 heavy (non-hydrogen) atoms. The van der Waals surface area contributed by atoms with Gasteiger partial charge >= 0.3 is 18.2 Å². The van der Waals surface area contributed by atoms with E-state index >= 15 is 0 Å². The summed E-state index contributed by atoms with van der Waals surface area (Å²) >= 11 is 0. The molecule has 3 aromatic rings. The number of hydrogen-bond acceptors (Lipinski definition) is 16. The molecule has 20 nitrogen and oxygen atoms in total. The lowest BCUT2D eigenvalue weighted by Crippen LogP contribution is -2.49. The average Bonchev–Trinajstić information content (AvgIpc) is 3.87. The topological polar surface area (TPSA) is 256 Å². The van der Waals surface area contributed by atoms with Gasteiger partial charge in [0.15, 0.2) is 17.3 Å². The number of aliphatic hydroxyl groups excluding tert-OH is 5. The minimum Gasteiger partial charge on any atom is -0.458 e. The van der Waals surface area contributed by atoms with E-state index in [0.717, 1.165) is 9.47 Å². The number of ether oxygens (including phenoxy) is 4. The van der Waals surface area contributed by atoms with Gasteiger partial charge in [-0.05, 0) is 45.4 Å². The molecular weight excluding hydrogens is 898 g/mol. The number of nitrogens with one attached hydrogen (secondary N) is 1. The summed E-state index contributed by atoms with van der Waals surface area (Å²) in [6, 6.07) is -0.361. The first kappa shape index (κ1) is 53.7. The quantitative estimate of drug-likeness (QED) is 0.0316. The Hall–Kier alpha value is -4.96. The Morgan fingerprint density at radius 2 is 1.56 bits per heavy atom. The van der Waals surface area contributed by atoms with Gasteiger partial charge < -0.3 is 59.3 Å². The van der Waals surface area contributed by atoms with E-state index in [-0.39, 0.29) is 63.9 Å². The second-order valence-corrected chi connectivity index (χ2v) is 16.3. The molecule has 0 spiro atoms. The molecular formula is C40H56F6N8O12. The number of fused-ring (bicyclic) bond motifs is 1. The number of carbonyl (C=O) groups is 3. The van der Waals surface area contributed by atoms with Gasteiger partial charge in [-0.1, -0.05) is 12.1 Å². The fraction of sp³-hybridized carbons (Fsp3) is 0.650. The molecule has 2 amide bonds. The number of imidazole rings is 1. The van der Waals surface area contributed by atoms with Crippen LogP contribution in [-0.4, -0.2) is 173 Å². The zero-order valence-corrected chi connectivity index (χ0v) is 36.7. The first-order valence-electron chi connectivity index (χ1n) is 20.9. The number of alkyl carbamates (subject to hydrolysis) is 1. The molecule has 5 atom stereocenters. The Morgan fingerprint density at radius 1 is 0.909 bits per heavy atom. The normalized spacial score (nSPS) is 15.5. The number of alkyl halides is 3. The molecule has 0 fully saturated rings.